The summed E-state index contributed by atoms with van der Waals surface area (Å²) in [6, 6.07) is 21.0. The Labute approximate surface area is 267 Å². The van der Waals surface area contributed by atoms with Crippen LogP contribution < -0.4 is 19.2 Å². The number of carbonyl (C=O) groups excluding carboxylic acids is 2. The Hall–Kier alpha value is -3.53. The molecule has 1 saturated heterocycles. The number of ether oxygens (including phenoxy) is 2. The highest BCUT2D eigenvalue weighted by Crippen LogP contribution is 2.69. The van der Waals surface area contributed by atoms with Gasteiger partial charge in [-0.15, -0.1) is 11.8 Å². The van der Waals surface area contributed by atoms with E-state index in [9.17, 15) is 14.4 Å². The van der Waals surface area contributed by atoms with Gasteiger partial charge in [0.25, 0.3) is 0 Å². The van der Waals surface area contributed by atoms with Gasteiger partial charge >= 0.3 is 4.87 Å². The number of benzene rings is 3. The summed E-state index contributed by atoms with van der Waals surface area (Å²) in [6.07, 6.45) is 0.807. The number of thiazole rings is 1. The molecule has 2 aliphatic heterocycles. The molecule has 4 aromatic rings. The maximum absolute atomic E-state index is 14.1. The molecule has 5 unspecified atom stereocenters. The molecule has 224 valence electrons. The zero-order valence-corrected chi connectivity index (χ0v) is 26.4. The van der Waals surface area contributed by atoms with Crippen LogP contribution in [0.15, 0.2) is 76.6 Å². The number of nitrogens with one attached hydrogen (secondary N) is 1. The topological polar surface area (TPSA) is 88.7 Å². The van der Waals surface area contributed by atoms with Crippen LogP contribution >= 0.6 is 34.7 Å². The second-order valence-corrected chi connectivity index (χ2v) is 14.8. The summed E-state index contributed by atoms with van der Waals surface area (Å²) < 4.78 is 11.8. The smallest absolute Gasteiger partial charge is 0.305 e. The van der Waals surface area contributed by atoms with Gasteiger partial charge < -0.3 is 14.5 Å². The minimum absolute atomic E-state index is 0.0128. The number of aromatic nitrogens is 1. The van der Waals surface area contributed by atoms with Gasteiger partial charge in [-0.1, -0.05) is 52.8 Å². The number of aryl methyl sites for hydroxylation is 1. The standard InChI is InChI=1S/C34H29ClN2O5S2/c1-16-4-3-5-17(12-16)15-42-24-11-6-18(35)13-21(24)25-26-22-14-23(29(26)43-31-30(25)44-34(40)36-31)28-27(22)32(38)37(33(28)39)19-7-9-20(41-2)10-8-19/h3-13,22-23,25-29H,14-15H2,1-2H3,(H,36,40)/t22-,23-,25?,26?,27?,28?,29?/m1/s1. The summed E-state index contributed by atoms with van der Waals surface area (Å²) in [7, 11) is 1.59. The normalized spacial score (nSPS) is 28.2. The van der Waals surface area contributed by atoms with E-state index in [1.165, 1.54) is 16.2 Å². The lowest BCUT2D eigenvalue weighted by Gasteiger charge is -2.43. The molecule has 3 fully saturated rings. The largest absolute Gasteiger partial charge is 0.497 e. The van der Waals surface area contributed by atoms with Crippen LogP contribution in [-0.2, 0) is 16.2 Å². The Balaban J connectivity index is 1.19. The molecule has 44 heavy (non-hydrogen) atoms. The van der Waals surface area contributed by atoms with Crippen LogP contribution in [0.2, 0.25) is 5.02 Å². The van der Waals surface area contributed by atoms with Gasteiger partial charge in [0, 0.05) is 26.6 Å². The monoisotopic (exact) mass is 644 g/mol. The third-order valence-electron chi connectivity index (χ3n) is 9.84. The van der Waals surface area contributed by atoms with E-state index in [2.05, 4.69) is 24.0 Å². The van der Waals surface area contributed by atoms with Gasteiger partial charge in [0.1, 0.15) is 18.1 Å². The lowest BCUT2D eigenvalue weighted by Crippen LogP contribution is -2.42. The maximum Gasteiger partial charge on any atom is 0.305 e. The van der Waals surface area contributed by atoms with Gasteiger partial charge in [-0.25, -0.2) is 0 Å². The Morgan fingerprint density at radius 2 is 1.75 bits per heavy atom. The van der Waals surface area contributed by atoms with Crippen LogP contribution in [0.1, 0.15) is 33.9 Å². The molecule has 3 heterocycles. The number of halogens is 1. The zero-order valence-electron chi connectivity index (χ0n) is 24.0. The third kappa shape index (κ3) is 4.27. The Kier molecular flexibility index (Phi) is 6.70. The van der Waals surface area contributed by atoms with E-state index in [1.54, 1.807) is 43.1 Å². The summed E-state index contributed by atoms with van der Waals surface area (Å²) in [5, 5.41) is 1.50. The van der Waals surface area contributed by atoms with Crippen molar-refractivity contribution in [2.75, 3.05) is 12.0 Å². The molecule has 4 aliphatic rings. The van der Waals surface area contributed by atoms with E-state index in [0.717, 1.165) is 33.0 Å². The molecule has 0 spiro atoms. The molecule has 10 heteroatoms. The number of anilines is 1. The number of hydrogen-bond donors (Lipinski definition) is 1. The average molecular weight is 645 g/mol. The van der Waals surface area contributed by atoms with Crippen LogP contribution in [0, 0.1) is 36.5 Å². The number of methoxy groups -OCH3 is 1. The van der Waals surface area contributed by atoms with Gasteiger partial charge in [0.05, 0.1) is 29.7 Å². The first-order valence-corrected chi connectivity index (χ1v) is 16.8. The second-order valence-electron chi connectivity index (χ2n) is 12.1. The summed E-state index contributed by atoms with van der Waals surface area (Å²) in [5.74, 6) is 0.220. The van der Waals surface area contributed by atoms with Crippen LogP contribution in [0.5, 0.6) is 11.5 Å². The number of fused-ring (bicyclic) bond motifs is 9. The first kappa shape index (κ1) is 28.0. The highest BCUT2D eigenvalue weighted by Gasteiger charge is 2.69. The van der Waals surface area contributed by atoms with Crippen molar-refractivity contribution in [3.8, 4) is 11.5 Å². The van der Waals surface area contributed by atoms with Gasteiger partial charge in [0.15, 0.2) is 0 Å². The Bertz CT molecular complexity index is 1870. The highest BCUT2D eigenvalue weighted by molar-refractivity contribution is 8.00. The molecule has 7 atom stereocenters. The van der Waals surface area contributed by atoms with E-state index in [0.29, 0.717) is 28.8 Å². The van der Waals surface area contributed by atoms with Crippen molar-refractivity contribution in [1.82, 2.24) is 4.98 Å². The third-order valence-corrected chi connectivity index (χ3v) is 12.7. The molecule has 1 aromatic heterocycles. The minimum Gasteiger partial charge on any atom is -0.497 e. The van der Waals surface area contributed by atoms with E-state index < -0.39 is 5.92 Å². The average Bonchev–Trinajstić information content (AvgIpc) is 3.75. The summed E-state index contributed by atoms with van der Waals surface area (Å²) >= 11 is 9.52. The highest BCUT2D eigenvalue weighted by atomic mass is 35.5. The quantitative estimate of drug-likeness (QED) is 0.236. The van der Waals surface area contributed by atoms with Crippen LogP contribution in [0.3, 0.4) is 0 Å². The number of imide groups is 1. The molecule has 7 nitrogen and oxygen atoms in total. The van der Waals surface area contributed by atoms with Crippen LogP contribution in [0.25, 0.3) is 0 Å². The zero-order chi connectivity index (χ0) is 30.3. The predicted molar refractivity (Wildman–Crippen MR) is 171 cm³/mol. The number of aromatic amines is 1. The number of rotatable bonds is 6. The summed E-state index contributed by atoms with van der Waals surface area (Å²) in [5.41, 5.74) is 3.72. The number of carbonyl (C=O) groups is 2. The van der Waals surface area contributed by atoms with Crippen molar-refractivity contribution in [3.63, 3.8) is 0 Å². The van der Waals surface area contributed by atoms with E-state index in [1.807, 2.05) is 30.3 Å². The van der Waals surface area contributed by atoms with Crippen molar-refractivity contribution in [2.24, 2.45) is 29.6 Å². The first-order chi connectivity index (χ1) is 21.3. The van der Waals surface area contributed by atoms with Gasteiger partial charge in [-0.2, -0.15) is 0 Å². The van der Waals surface area contributed by atoms with E-state index >= 15 is 0 Å². The maximum atomic E-state index is 14.1. The van der Waals surface area contributed by atoms with Crippen LogP contribution in [0.4, 0.5) is 5.69 Å². The molecule has 0 radical (unpaired) electrons. The Morgan fingerprint density at radius 3 is 2.50 bits per heavy atom. The van der Waals surface area contributed by atoms with Crippen molar-refractivity contribution < 1.29 is 19.1 Å². The fourth-order valence-corrected chi connectivity index (χ4v) is 11.3. The molecule has 2 bridgehead atoms. The fraction of sp³-hybridized carbons (Fsp3) is 0.324. The fourth-order valence-electron chi connectivity index (χ4n) is 8.21. The van der Waals surface area contributed by atoms with Crippen LogP contribution in [-0.4, -0.2) is 29.2 Å². The van der Waals surface area contributed by atoms with Crippen molar-refractivity contribution >= 4 is 52.2 Å². The van der Waals surface area contributed by atoms with Crippen molar-refractivity contribution in [3.05, 3.63) is 103 Å². The molecular weight excluding hydrogens is 616 g/mol. The predicted octanol–water partition coefficient (Wildman–Crippen LogP) is 6.66. The molecule has 1 N–H and O–H groups in total. The molecule has 2 amide bonds. The summed E-state index contributed by atoms with van der Waals surface area (Å²) in [4.78, 5) is 46.1. The van der Waals surface area contributed by atoms with Gasteiger partial charge in [-0.3, -0.25) is 19.3 Å². The number of hydrogen-bond acceptors (Lipinski definition) is 7. The number of amides is 2. The number of nitrogens with zero attached hydrogens (tertiary/aromatic N) is 1. The minimum atomic E-state index is -0.396. The van der Waals surface area contributed by atoms with Crippen molar-refractivity contribution in [1.29, 1.82) is 0 Å². The SMILES string of the molecule is COc1ccc(N2C(=O)C3C(C2=O)[C@@H]2C[C@H]3C3Sc4[nH]c(=O)sc4C(c4cc(Cl)ccc4OCc4cccc(C)c4)C32)cc1. The van der Waals surface area contributed by atoms with E-state index in [-0.39, 0.29) is 51.5 Å². The molecular formula is C34H29ClN2O5S2. The molecule has 2 aliphatic carbocycles. The second kappa shape index (κ2) is 10.5. The first-order valence-electron chi connectivity index (χ1n) is 14.7. The summed E-state index contributed by atoms with van der Waals surface area (Å²) in [6.45, 7) is 2.45. The molecule has 2 saturated carbocycles. The molecule has 3 aromatic carbocycles. The Morgan fingerprint density at radius 1 is 0.977 bits per heavy atom. The lowest BCUT2D eigenvalue weighted by atomic mass is 9.68. The van der Waals surface area contributed by atoms with Crippen molar-refractivity contribution in [2.45, 2.75) is 36.1 Å². The number of thioether (sulfide) groups is 1. The van der Waals surface area contributed by atoms with E-state index in [4.69, 9.17) is 21.1 Å². The van der Waals surface area contributed by atoms with Gasteiger partial charge in [0.2, 0.25) is 11.8 Å². The number of H-pyrrole nitrogens is 1. The molecule has 8 rings (SSSR count). The lowest BCUT2D eigenvalue weighted by molar-refractivity contribution is -0.123. The van der Waals surface area contributed by atoms with Gasteiger partial charge in [-0.05, 0) is 79.1 Å².